The molecule has 0 spiro atoms. The zero-order valence-electron chi connectivity index (χ0n) is 20.0. The lowest BCUT2D eigenvalue weighted by Gasteiger charge is -2.26. The first-order chi connectivity index (χ1) is 16.3. The molecule has 2 rings (SSSR count). The number of rotatable bonds is 10. The summed E-state index contributed by atoms with van der Waals surface area (Å²) < 4.78 is 43.2. The molecule has 3 atom stereocenters. The number of carbonyl (C=O) groups excluding carboxylic acids is 3. The molecule has 0 aliphatic heterocycles. The van der Waals surface area contributed by atoms with Gasteiger partial charge in [-0.3, -0.25) is 9.59 Å². The van der Waals surface area contributed by atoms with Crippen LogP contribution in [0.25, 0.3) is 0 Å². The van der Waals surface area contributed by atoms with E-state index < -0.39 is 53.0 Å². The standard InChI is InChI=1S/C25H30F3N3O4/c1-12(32)9-10-16(11-18-13(2)20(26)14(3)21(27)22(18)28)30-25(35)23(15(4)29)31-24(34)17-7-5-6-8-19(17)33/h5-8,15-16,23,33H,9-11,29H2,1-4H3,(H,30,35)(H,31,34)/t15-,16-,23+/m1/s1. The van der Waals surface area contributed by atoms with Crippen LogP contribution in [-0.2, 0) is 16.0 Å². The van der Waals surface area contributed by atoms with Crippen LogP contribution >= 0.6 is 0 Å². The van der Waals surface area contributed by atoms with Crippen LogP contribution in [0, 0.1) is 31.3 Å². The Hall–Kier alpha value is -3.40. The molecule has 0 radical (unpaired) electrons. The van der Waals surface area contributed by atoms with Gasteiger partial charge in [0.15, 0.2) is 11.6 Å². The maximum Gasteiger partial charge on any atom is 0.255 e. The first kappa shape index (κ1) is 27.8. The lowest BCUT2D eigenvalue weighted by molar-refractivity contribution is -0.124. The maximum atomic E-state index is 14.7. The van der Waals surface area contributed by atoms with E-state index in [2.05, 4.69) is 10.6 Å². The van der Waals surface area contributed by atoms with Gasteiger partial charge in [-0.15, -0.1) is 0 Å². The lowest BCUT2D eigenvalue weighted by atomic mass is 9.94. The number of aromatic hydroxyl groups is 1. The van der Waals surface area contributed by atoms with E-state index in [9.17, 15) is 32.7 Å². The number of hydrogen-bond acceptors (Lipinski definition) is 5. The van der Waals surface area contributed by atoms with Gasteiger partial charge in [0.25, 0.3) is 5.91 Å². The fraction of sp³-hybridized carbons (Fsp3) is 0.400. The van der Waals surface area contributed by atoms with Crippen molar-refractivity contribution in [3.8, 4) is 5.75 Å². The second-order valence-electron chi connectivity index (χ2n) is 8.65. The minimum Gasteiger partial charge on any atom is -0.507 e. The predicted molar refractivity (Wildman–Crippen MR) is 124 cm³/mol. The predicted octanol–water partition coefficient (Wildman–Crippen LogP) is 2.97. The van der Waals surface area contributed by atoms with E-state index in [1.54, 1.807) is 0 Å². The summed E-state index contributed by atoms with van der Waals surface area (Å²) in [5.41, 5.74) is 5.04. The largest absolute Gasteiger partial charge is 0.507 e. The summed E-state index contributed by atoms with van der Waals surface area (Å²) in [5, 5.41) is 15.0. The smallest absolute Gasteiger partial charge is 0.255 e. The van der Waals surface area contributed by atoms with E-state index in [0.29, 0.717) is 0 Å². The van der Waals surface area contributed by atoms with Crippen LogP contribution in [0.4, 0.5) is 13.2 Å². The molecule has 0 aromatic heterocycles. The van der Waals surface area contributed by atoms with E-state index in [4.69, 9.17) is 5.73 Å². The van der Waals surface area contributed by atoms with E-state index in [-0.39, 0.29) is 47.5 Å². The number of halogens is 3. The number of phenols is 1. The second-order valence-corrected chi connectivity index (χ2v) is 8.65. The number of nitrogens with one attached hydrogen (secondary N) is 2. The van der Waals surface area contributed by atoms with Crippen molar-refractivity contribution in [1.29, 1.82) is 0 Å². The molecule has 2 aromatic rings. The minimum absolute atomic E-state index is 0.0233. The zero-order chi connectivity index (χ0) is 26.4. The van der Waals surface area contributed by atoms with Gasteiger partial charge in [0.2, 0.25) is 5.91 Å². The average molecular weight is 494 g/mol. The van der Waals surface area contributed by atoms with E-state index >= 15 is 0 Å². The van der Waals surface area contributed by atoms with E-state index in [0.717, 1.165) is 6.92 Å². The minimum atomic E-state index is -1.32. The zero-order valence-corrected chi connectivity index (χ0v) is 20.0. The number of para-hydroxylation sites is 1. The van der Waals surface area contributed by atoms with Gasteiger partial charge in [0.05, 0.1) is 5.56 Å². The summed E-state index contributed by atoms with van der Waals surface area (Å²) in [6.45, 7) is 5.25. The summed E-state index contributed by atoms with van der Waals surface area (Å²) in [6.07, 6.45) is -0.199. The molecule has 0 bridgehead atoms. The number of nitrogens with two attached hydrogens (primary N) is 1. The van der Waals surface area contributed by atoms with Gasteiger partial charge in [0, 0.05) is 24.1 Å². The van der Waals surface area contributed by atoms with Crippen LogP contribution in [0.3, 0.4) is 0 Å². The SMILES string of the molecule is CC(=O)CC[C@H](Cc1c(C)c(F)c(C)c(F)c1F)NC(=O)[C@@H](NC(=O)c1ccccc1O)[C@@H](C)N. The van der Waals surface area contributed by atoms with Crippen molar-refractivity contribution in [3.63, 3.8) is 0 Å². The summed E-state index contributed by atoms with van der Waals surface area (Å²) in [7, 11) is 0. The number of Topliss-reactive ketones (excluding diaryl/α,β-unsaturated/α-hetero) is 1. The van der Waals surface area contributed by atoms with Crippen molar-refractivity contribution >= 4 is 17.6 Å². The Labute approximate surface area is 201 Å². The van der Waals surface area contributed by atoms with E-state index in [1.807, 2.05) is 0 Å². The monoisotopic (exact) mass is 493 g/mol. The third kappa shape index (κ3) is 6.82. The lowest BCUT2D eigenvalue weighted by Crippen LogP contribution is -2.57. The van der Waals surface area contributed by atoms with Gasteiger partial charge in [0.1, 0.15) is 23.4 Å². The summed E-state index contributed by atoms with van der Waals surface area (Å²) in [5.74, 6) is -5.39. The Kier molecular flexibility index (Phi) is 9.41. The normalized spacial score (nSPS) is 13.6. The molecule has 2 aromatic carbocycles. The Morgan fingerprint density at radius 3 is 2.20 bits per heavy atom. The number of carbonyl (C=O) groups is 3. The first-order valence-electron chi connectivity index (χ1n) is 11.1. The average Bonchev–Trinajstić information content (AvgIpc) is 2.80. The summed E-state index contributed by atoms with van der Waals surface area (Å²) >= 11 is 0. The highest BCUT2D eigenvalue weighted by Crippen LogP contribution is 2.26. The van der Waals surface area contributed by atoms with Crippen LogP contribution in [0.5, 0.6) is 5.75 Å². The molecule has 5 N–H and O–H groups in total. The first-order valence-corrected chi connectivity index (χ1v) is 11.1. The quantitative estimate of drug-likeness (QED) is 0.379. The van der Waals surface area contributed by atoms with Crippen molar-refractivity contribution in [2.24, 2.45) is 5.73 Å². The summed E-state index contributed by atoms with van der Waals surface area (Å²) in [4.78, 5) is 37.2. The molecule has 10 heteroatoms. The highest BCUT2D eigenvalue weighted by atomic mass is 19.2. The fourth-order valence-corrected chi connectivity index (χ4v) is 3.68. The van der Waals surface area contributed by atoms with Gasteiger partial charge in [-0.05, 0) is 63.8 Å². The number of hydrogen-bond donors (Lipinski definition) is 4. The van der Waals surface area contributed by atoms with Gasteiger partial charge in [-0.2, -0.15) is 0 Å². The molecule has 0 aliphatic rings. The van der Waals surface area contributed by atoms with Crippen molar-refractivity contribution in [2.75, 3.05) is 0 Å². The fourth-order valence-electron chi connectivity index (χ4n) is 3.68. The Morgan fingerprint density at radius 2 is 1.63 bits per heavy atom. The van der Waals surface area contributed by atoms with Crippen molar-refractivity contribution in [3.05, 3.63) is 64.0 Å². The maximum absolute atomic E-state index is 14.7. The molecule has 0 unspecified atom stereocenters. The molecule has 190 valence electrons. The molecule has 35 heavy (non-hydrogen) atoms. The van der Waals surface area contributed by atoms with Crippen LogP contribution < -0.4 is 16.4 Å². The van der Waals surface area contributed by atoms with Crippen LogP contribution in [0.2, 0.25) is 0 Å². The Balaban J connectivity index is 2.30. The van der Waals surface area contributed by atoms with Crippen LogP contribution in [0.1, 0.15) is 53.7 Å². The Morgan fingerprint density at radius 1 is 1.00 bits per heavy atom. The molecular formula is C25H30F3N3O4. The second kappa shape index (κ2) is 11.8. The Bertz CT molecular complexity index is 1090. The highest BCUT2D eigenvalue weighted by Gasteiger charge is 2.29. The third-order valence-electron chi connectivity index (χ3n) is 5.78. The number of benzene rings is 2. The number of amides is 2. The molecule has 0 aliphatic carbocycles. The molecule has 0 saturated carbocycles. The van der Waals surface area contributed by atoms with Crippen LogP contribution in [-0.4, -0.2) is 40.8 Å². The molecular weight excluding hydrogens is 463 g/mol. The van der Waals surface area contributed by atoms with Crippen molar-refractivity contribution in [2.45, 2.75) is 65.1 Å². The van der Waals surface area contributed by atoms with Gasteiger partial charge >= 0.3 is 0 Å². The van der Waals surface area contributed by atoms with Crippen LogP contribution in [0.15, 0.2) is 24.3 Å². The third-order valence-corrected chi connectivity index (χ3v) is 5.78. The molecule has 0 fully saturated rings. The summed E-state index contributed by atoms with van der Waals surface area (Å²) in [6, 6.07) is 2.73. The molecule has 2 amide bonds. The topological polar surface area (TPSA) is 122 Å². The molecule has 0 heterocycles. The number of phenolic OH excluding ortho intramolecular Hbond substituents is 1. The van der Waals surface area contributed by atoms with Gasteiger partial charge in [-0.25, -0.2) is 13.2 Å². The molecule has 7 nitrogen and oxygen atoms in total. The molecule has 0 saturated heterocycles. The van der Waals surface area contributed by atoms with Gasteiger partial charge in [-0.1, -0.05) is 12.1 Å². The highest BCUT2D eigenvalue weighted by molar-refractivity contribution is 5.99. The van der Waals surface area contributed by atoms with Gasteiger partial charge < -0.3 is 26.3 Å². The van der Waals surface area contributed by atoms with Crippen molar-refractivity contribution in [1.82, 2.24) is 10.6 Å². The van der Waals surface area contributed by atoms with E-state index in [1.165, 1.54) is 45.0 Å². The van der Waals surface area contributed by atoms with Crippen molar-refractivity contribution < 1.29 is 32.7 Å². The number of ketones is 1.